The molecule has 8 nitrogen and oxygen atoms in total. The van der Waals surface area contributed by atoms with Crippen molar-refractivity contribution >= 4 is 22.9 Å². The normalized spacial score (nSPS) is 18.6. The van der Waals surface area contributed by atoms with Crippen molar-refractivity contribution in [2.75, 3.05) is 38.5 Å². The van der Waals surface area contributed by atoms with E-state index in [1.165, 1.54) is 13.0 Å². The Morgan fingerprint density at radius 1 is 1.08 bits per heavy atom. The summed E-state index contributed by atoms with van der Waals surface area (Å²) in [5, 5.41) is 7.22. The highest BCUT2D eigenvalue weighted by Gasteiger charge is 2.30. The second-order valence-electron chi connectivity index (χ2n) is 11.0. The number of carbonyl (C=O) groups is 1. The second-order valence-corrected chi connectivity index (χ2v) is 11.0. The van der Waals surface area contributed by atoms with Crippen LogP contribution in [-0.2, 0) is 0 Å². The zero-order valence-electron chi connectivity index (χ0n) is 23.3. The standard InChI is InChI=1S/C29H37F2N7O/c1-16(30)22-7-6-8-23(26(22)31)17(2)32-27-25-13-24(18(3)33-28(25)35-19(4)34-27)20-9-11-38(12-10-20)29(39)36-21-14-37(5)15-21/h6-8,13,16-17,20-21H,9-12,14-15H2,1-5H3,(H,36,39)(H,32,33,34,35)/t16?,17-/m1/s1. The van der Waals surface area contributed by atoms with Crippen LogP contribution in [0.25, 0.3) is 11.0 Å². The molecule has 0 saturated carbocycles. The fourth-order valence-electron chi connectivity index (χ4n) is 5.73. The molecule has 3 aromatic rings. The van der Waals surface area contributed by atoms with E-state index in [0.29, 0.717) is 35.9 Å². The molecule has 0 bridgehead atoms. The lowest BCUT2D eigenvalue weighted by atomic mass is 9.88. The minimum absolute atomic E-state index is 0.0164. The van der Waals surface area contributed by atoms with Crippen LogP contribution in [0.1, 0.15) is 73.0 Å². The molecule has 2 atom stereocenters. The summed E-state index contributed by atoms with van der Waals surface area (Å²) in [6.45, 7) is 10.1. The highest BCUT2D eigenvalue weighted by atomic mass is 19.1. The number of aryl methyl sites for hydroxylation is 2. The average Bonchev–Trinajstić information content (AvgIpc) is 2.87. The van der Waals surface area contributed by atoms with Crippen molar-refractivity contribution in [1.82, 2.24) is 30.1 Å². The second kappa shape index (κ2) is 11.0. The number of amides is 2. The molecular weight excluding hydrogens is 500 g/mol. The van der Waals surface area contributed by atoms with Gasteiger partial charge in [0.05, 0.1) is 17.5 Å². The lowest BCUT2D eigenvalue weighted by Gasteiger charge is -2.39. The highest BCUT2D eigenvalue weighted by Crippen LogP contribution is 2.34. The Labute approximate surface area is 228 Å². The lowest BCUT2D eigenvalue weighted by Crippen LogP contribution is -2.60. The predicted octanol–water partition coefficient (Wildman–Crippen LogP) is 5.19. The van der Waals surface area contributed by atoms with E-state index in [1.54, 1.807) is 19.1 Å². The summed E-state index contributed by atoms with van der Waals surface area (Å²) in [5.74, 6) is 0.837. The number of urea groups is 1. The Morgan fingerprint density at radius 3 is 2.44 bits per heavy atom. The largest absolute Gasteiger partial charge is 0.363 e. The van der Waals surface area contributed by atoms with E-state index < -0.39 is 18.0 Å². The number of halogens is 2. The molecule has 208 valence electrons. The highest BCUT2D eigenvalue weighted by molar-refractivity contribution is 5.87. The first-order valence-electron chi connectivity index (χ1n) is 13.7. The Morgan fingerprint density at radius 2 is 1.77 bits per heavy atom. The van der Waals surface area contributed by atoms with Crippen molar-refractivity contribution in [2.24, 2.45) is 0 Å². The molecule has 2 saturated heterocycles. The molecule has 0 spiro atoms. The van der Waals surface area contributed by atoms with Crippen LogP contribution in [-0.4, -0.2) is 70.1 Å². The molecule has 39 heavy (non-hydrogen) atoms. The van der Waals surface area contributed by atoms with Gasteiger partial charge in [-0.2, -0.15) is 0 Å². The first-order chi connectivity index (χ1) is 18.6. The number of likely N-dealkylation sites (N-methyl/N-ethyl adjacent to an activating group) is 1. The van der Waals surface area contributed by atoms with E-state index >= 15 is 4.39 Å². The maximum absolute atomic E-state index is 15.1. The molecule has 1 unspecified atom stereocenters. The molecule has 10 heteroatoms. The number of likely N-dealkylation sites (tertiary alicyclic amines) is 2. The molecule has 2 aliphatic rings. The number of benzene rings is 1. The minimum atomic E-state index is -1.40. The zero-order chi connectivity index (χ0) is 27.8. The summed E-state index contributed by atoms with van der Waals surface area (Å²) in [6, 6.07) is 6.70. The molecule has 4 heterocycles. The van der Waals surface area contributed by atoms with Gasteiger partial charge in [-0.25, -0.2) is 28.5 Å². The van der Waals surface area contributed by atoms with E-state index in [4.69, 9.17) is 4.98 Å². The summed E-state index contributed by atoms with van der Waals surface area (Å²) in [5.41, 5.74) is 3.03. The molecule has 2 aliphatic heterocycles. The molecule has 2 fully saturated rings. The van der Waals surface area contributed by atoms with Crippen LogP contribution in [0.15, 0.2) is 24.3 Å². The third kappa shape index (κ3) is 5.66. The Hall–Kier alpha value is -3.40. The fraction of sp³-hybridized carbons (Fsp3) is 0.517. The third-order valence-electron chi connectivity index (χ3n) is 7.95. The van der Waals surface area contributed by atoms with Crippen LogP contribution < -0.4 is 10.6 Å². The number of hydrogen-bond acceptors (Lipinski definition) is 6. The summed E-state index contributed by atoms with van der Waals surface area (Å²) < 4.78 is 29.0. The number of nitrogens with one attached hydrogen (secondary N) is 2. The summed E-state index contributed by atoms with van der Waals surface area (Å²) in [6.07, 6.45) is 0.292. The van der Waals surface area contributed by atoms with Gasteiger partial charge in [0.15, 0.2) is 5.65 Å². The van der Waals surface area contributed by atoms with Gasteiger partial charge in [-0.15, -0.1) is 0 Å². The predicted molar refractivity (Wildman–Crippen MR) is 148 cm³/mol. The first-order valence-corrected chi connectivity index (χ1v) is 13.7. The van der Waals surface area contributed by atoms with E-state index in [0.717, 1.165) is 42.6 Å². The number of pyridine rings is 1. The number of fused-ring (bicyclic) bond motifs is 1. The smallest absolute Gasteiger partial charge is 0.317 e. The zero-order valence-corrected chi connectivity index (χ0v) is 23.3. The van der Waals surface area contributed by atoms with E-state index in [-0.39, 0.29) is 23.6 Å². The molecular formula is C29H37F2N7O. The maximum Gasteiger partial charge on any atom is 0.317 e. The van der Waals surface area contributed by atoms with Crippen LogP contribution in [0, 0.1) is 19.7 Å². The van der Waals surface area contributed by atoms with E-state index in [2.05, 4.69) is 31.6 Å². The molecule has 0 aliphatic carbocycles. The van der Waals surface area contributed by atoms with Crippen LogP contribution in [0.5, 0.6) is 0 Å². The number of nitrogens with zero attached hydrogens (tertiary/aromatic N) is 5. The topological polar surface area (TPSA) is 86.3 Å². The number of piperidine rings is 1. The molecule has 1 aromatic carbocycles. The summed E-state index contributed by atoms with van der Waals surface area (Å²) in [4.78, 5) is 30.8. The fourth-order valence-corrected chi connectivity index (χ4v) is 5.73. The van der Waals surface area contributed by atoms with Crippen LogP contribution in [0.3, 0.4) is 0 Å². The van der Waals surface area contributed by atoms with Gasteiger partial charge in [0.2, 0.25) is 0 Å². The van der Waals surface area contributed by atoms with Gasteiger partial charge in [-0.1, -0.05) is 18.2 Å². The van der Waals surface area contributed by atoms with Crippen LogP contribution in [0.4, 0.5) is 19.4 Å². The van der Waals surface area contributed by atoms with Gasteiger partial charge >= 0.3 is 6.03 Å². The number of alkyl halides is 1. The van der Waals surface area contributed by atoms with Gasteiger partial charge in [-0.05, 0) is 65.1 Å². The van der Waals surface area contributed by atoms with Crippen molar-refractivity contribution in [3.05, 3.63) is 58.3 Å². The summed E-state index contributed by atoms with van der Waals surface area (Å²) >= 11 is 0. The van der Waals surface area contributed by atoms with Gasteiger partial charge in [0, 0.05) is 43.0 Å². The van der Waals surface area contributed by atoms with E-state index in [9.17, 15) is 9.18 Å². The van der Waals surface area contributed by atoms with Crippen molar-refractivity contribution in [2.45, 2.75) is 64.7 Å². The Balaban J connectivity index is 1.36. The van der Waals surface area contributed by atoms with Crippen molar-refractivity contribution in [3.63, 3.8) is 0 Å². The van der Waals surface area contributed by atoms with Gasteiger partial charge < -0.3 is 20.4 Å². The molecule has 5 rings (SSSR count). The number of hydrogen-bond donors (Lipinski definition) is 2. The third-order valence-corrected chi connectivity index (χ3v) is 7.95. The van der Waals surface area contributed by atoms with Gasteiger partial charge in [-0.3, -0.25) is 0 Å². The van der Waals surface area contributed by atoms with Crippen molar-refractivity contribution < 1.29 is 13.6 Å². The molecule has 2 aromatic heterocycles. The van der Waals surface area contributed by atoms with Crippen LogP contribution >= 0.6 is 0 Å². The Bertz CT molecular complexity index is 1370. The lowest BCUT2D eigenvalue weighted by molar-refractivity contribution is 0.139. The number of aromatic nitrogens is 3. The SMILES string of the molecule is Cc1nc(N[C@H](C)c2cccc(C(C)F)c2F)c2cc(C3CCN(C(=O)NC4CN(C)C4)CC3)c(C)nc2n1. The Kier molecular flexibility index (Phi) is 7.66. The van der Waals surface area contributed by atoms with Crippen molar-refractivity contribution in [1.29, 1.82) is 0 Å². The molecule has 2 amide bonds. The van der Waals surface area contributed by atoms with Gasteiger partial charge in [0.1, 0.15) is 23.6 Å². The molecule has 0 radical (unpaired) electrons. The monoisotopic (exact) mass is 537 g/mol. The number of carbonyl (C=O) groups excluding carboxylic acids is 1. The van der Waals surface area contributed by atoms with Crippen molar-refractivity contribution in [3.8, 4) is 0 Å². The van der Waals surface area contributed by atoms with Gasteiger partial charge in [0.25, 0.3) is 0 Å². The number of rotatable bonds is 6. The van der Waals surface area contributed by atoms with E-state index in [1.807, 2.05) is 25.8 Å². The molecule has 2 N–H and O–H groups in total. The number of anilines is 1. The average molecular weight is 538 g/mol. The van der Waals surface area contributed by atoms with Crippen LogP contribution in [0.2, 0.25) is 0 Å². The summed E-state index contributed by atoms with van der Waals surface area (Å²) in [7, 11) is 2.05. The quantitative estimate of drug-likeness (QED) is 0.450. The first kappa shape index (κ1) is 27.2. The minimum Gasteiger partial charge on any atom is -0.363 e. The maximum atomic E-state index is 15.1.